The fraction of sp³-hybridized carbons (Fsp3) is 0.529. The monoisotopic (exact) mass is 303 g/mol. The number of carbonyl (C=O) groups is 1. The molecule has 0 atom stereocenters. The molecule has 0 aromatic heterocycles. The van der Waals surface area contributed by atoms with Crippen LogP contribution in [-0.4, -0.2) is 36.9 Å². The lowest BCUT2D eigenvalue weighted by molar-refractivity contribution is -0.122. The molecule has 2 rings (SSSR count). The highest BCUT2D eigenvalue weighted by Crippen LogP contribution is 2.33. The molecule has 0 heterocycles. The van der Waals surface area contributed by atoms with E-state index in [-0.39, 0.29) is 5.91 Å². The molecule has 0 saturated heterocycles. The second kappa shape index (κ2) is 7.40. The van der Waals surface area contributed by atoms with Crippen molar-refractivity contribution in [2.24, 2.45) is 5.10 Å². The van der Waals surface area contributed by atoms with Crippen LogP contribution < -0.4 is 10.3 Å². The second-order valence-corrected chi connectivity index (χ2v) is 6.21. The van der Waals surface area contributed by atoms with Crippen LogP contribution >= 0.6 is 0 Å². The highest BCUT2D eigenvalue weighted by Gasteiger charge is 2.31. The van der Waals surface area contributed by atoms with Crippen LogP contribution in [0.5, 0.6) is 0 Å². The topological polar surface area (TPSA) is 64.9 Å². The highest BCUT2D eigenvalue weighted by molar-refractivity contribution is 5.82. The third-order valence-corrected chi connectivity index (χ3v) is 4.16. The molecule has 2 N–H and O–H groups in total. The lowest BCUT2D eigenvalue weighted by atomic mass is 9.96. The van der Waals surface area contributed by atoms with E-state index in [0.29, 0.717) is 12.8 Å². The number of nitrogens with one attached hydrogen (secondary N) is 1. The van der Waals surface area contributed by atoms with E-state index in [1.807, 2.05) is 43.3 Å². The van der Waals surface area contributed by atoms with Gasteiger partial charge < -0.3 is 10.0 Å². The summed E-state index contributed by atoms with van der Waals surface area (Å²) in [6.45, 7) is 0. The SMILES string of the molecule is CN(C)c1ccc(/C=N/NC(=O)CCC2(O)CCCC2)cc1. The Balaban J connectivity index is 1.75. The Kier molecular flexibility index (Phi) is 5.55. The van der Waals surface area contributed by atoms with Gasteiger partial charge in [-0.25, -0.2) is 5.43 Å². The van der Waals surface area contributed by atoms with Crippen LogP contribution in [0.15, 0.2) is 29.4 Å². The van der Waals surface area contributed by atoms with E-state index in [4.69, 9.17) is 0 Å². The summed E-state index contributed by atoms with van der Waals surface area (Å²) in [5.74, 6) is -0.151. The zero-order valence-electron chi connectivity index (χ0n) is 13.4. The maximum absolute atomic E-state index is 11.7. The number of rotatable bonds is 6. The average molecular weight is 303 g/mol. The first-order chi connectivity index (χ1) is 10.5. The maximum Gasteiger partial charge on any atom is 0.240 e. The van der Waals surface area contributed by atoms with Gasteiger partial charge in [0, 0.05) is 26.2 Å². The zero-order valence-corrected chi connectivity index (χ0v) is 13.4. The lowest BCUT2D eigenvalue weighted by Crippen LogP contribution is -2.27. The fourth-order valence-electron chi connectivity index (χ4n) is 2.72. The molecule has 1 amide bonds. The van der Waals surface area contributed by atoms with E-state index in [2.05, 4.69) is 10.5 Å². The molecule has 0 spiro atoms. The van der Waals surface area contributed by atoms with E-state index in [9.17, 15) is 9.90 Å². The number of hydrogen-bond acceptors (Lipinski definition) is 4. The van der Waals surface area contributed by atoms with Crippen LogP contribution in [0.2, 0.25) is 0 Å². The van der Waals surface area contributed by atoms with Gasteiger partial charge in [-0.1, -0.05) is 25.0 Å². The minimum atomic E-state index is -0.636. The quantitative estimate of drug-likeness (QED) is 0.626. The molecule has 22 heavy (non-hydrogen) atoms. The Labute approximate surface area is 132 Å². The lowest BCUT2D eigenvalue weighted by Gasteiger charge is -2.20. The summed E-state index contributed by atoms with van der Waals surface area (Å²) in [6.07, 6.45) is 6.18. The van der Waals surface area contributed by atoms with Crippen molar-refractivity contribution < 1.29 is 9.90 Å². The molecule has 1 aliphatic rings. The van der Waals surface area contributed by atoms with Crippen molar-refractivity contribution in [3.8, 4) is 0 Å². The van der Waals surface area contributed by atoms with Gasteiger partial charge in [-0.2, -0.15) is 5.10 Å². The van der Waals surface area contributed by atoms with Gasteiger partial charge in [0.15, 0.2) is 0 Å². The summed E-state index contributed by atoms with van der Waals surface area (Å²) in [5.41, 5.74) is 3.93. The summed E-state index contributed by atoms with van der Waals surface area (Å²) in [7, 11) is 3.98. The molecule has 0 unspecified atom stereocenters. The minimum Gasteiger partial charge on any atom is -0.390 e. The van der Waals surface area contributed by atoms with Crippen molar-refractivity contribution >= 4 is 17.8 Å². The van der Waals surface area contributed by atoms with Crippen LogP contribution in [0.1, 0.15) is 44.1 Å². The molecule has 1 fully saturated rings. The van der Waals surface area contributed by atoms with Crippen molar-refractivity contribution in [2.75, 3.05) is 19.0 Å². The van der Waals surface area contributed by atoms with Crippen LogP contribution in [0.4, 0.5) is 5.69 Å². The van der Waals surface area contributed by atoms with Gasteiger partial charge in [-0.05, 0) is 37.0 Å². The van der Waals surface area contributed by atoms with Gasteiger partial charge in [-0.3, -0.25) is 4.79 Å². The molecule has 5 nitrogen and oxygen atoms in total. The van der Waals surface area contributed by atoms with E-state index in [1.165, 1.54) is 0 Å². The molecule has 1 saturated carbocycles. The number of nitrogens with zero attached hydrogens (tertiary/aromatic N) is 2. The molecule has 0 aliphatic heterocycles. The van der Waals surface area contributed by atoms with Gasteiger partial charge in [0.05, 0.1) is 11.8 Å². The summed E-state index contributed by atoms with van der Waals surface area (Å²) < 4.78 is 0. The van der Waals surface area contributed by atoms with Crippen molar-refractivity contribution in [1.82, 2.24) is 5.43 Å². The number of benzene rings is 1. The van der Waals surface area contributed by atoms with Crippen LogP contribution in [0.25, 0.3) is 0 Å². The Bertz CT molecular complexity index is 517. The van der Waals surface area contributed by atoms with Gasteiger partial charge in [-0.15, -0.1) is 0 Å². The average Bonchev–Trinajstić information content (AvgIpc) is 2.93. The second-order valence-electron chi connectivity index (χ2n) is 6.21. The third-order valence-electron chi connectivity index (χ3n) is 4.16. The number of hydrazone groups is 1. The predicted molar refractivity (Wildman–Crippen MR) is 89.2 cm³/mol. The first-order valence-electron chi connectivity index (χ1n) is 7.80. The van der Waals surface area contributed by atoms with Crippen LogP contribution in [-0.2, 0) is 4.79 Å². The van der Waals surface area contributed by atoms with Crippen molar-refractivity contribution in [3.63, 3.8) is 0 Å². The van der Waals surface area contributed by atoms with Crippen molar-refractivity contribution in [2.45, 2.75) is 44.1 Å². The Hall–Kier alpha value is -1.88. The summed E-state index contributed by atoms with van der Waals surface area (Å²) in [6, 6.07) is 7.90. The summed E-state index contributed by atoms with van der Waals surface area (Å²) in [5, 5.41) is 14.2. The molecule has 1 aromatic rings. The molecule has 5 heteroatoms. The van der Waals surface area contributed by atoms with E-state index < -0.39 is 5.60 Å². The maximum atomic E-state index is 11.7. The van der Waals surface area contributed by atoms with E-state index in [1.54, 1.807) is 6.21 Å². The summed E-state index contributed by atoms with van der Waals surface area (Å²) in [4.78, 5) is 13.8. The van der Waals surface area contributed by atoms with Crippen molar-refractivity contribution in [3.05, 3.63) is 29.8 Å². The van der Waals surface area contributed by atoms with Gasteiger partial charge in [0.1, 0.15) is 0 Å². The molecular formula is C17H25N3O2. The number of amides is 1. The van der Waals surface area contributed by atoms with Gasteiger partial charge in [0.2, 0.25) is 5.91 Å². The number of anilines is 1. The Morgan fingerprint density at radius 1 is 1.32 bits per heavy atom. The summed E-state index contributed by atoms with van der Waals surface area (Å²) >= 11 is 0. The smallest absolute Gasteiger partial charge is 0.240 e. The van der Waals surface area contributed by atoms with Gasteiger partial charge in [0.25, 0.3) is 0 Å². The molecule has 1 aliphatic carbocycles. The van der Waals surface area contributed by atoms with Crippen LogP contribution in [0.3, 0.4) is 0 Å². The molecule has 0 radical (unpaired) electrons. The first-order valence-corrected chi connectivity index (χ1v) is 7.80. The number of aliphatic hydroxyl groups is 1. The Morgan fingerprint density at radius 2 is 1.95 bits per heavy atom. The molecule has 0 bridgehead atoms. The number of hydrogen-bond donors (Lipinski definition) is 2. The van der Waals surface area contributed by atoms with E-state index >= 15 is 0 Å². The third kappa shape index (κ3) is 4.84. The molecule has 1 aromatic carbocycles. The zero-order chi connectivity index (χ0) is 16.0. The van der Waals surface area contributed by atoms with Crippen LogP contribution in [0, 0.1) is 0 Å². The number of carbonyl (C=O) groups excluding carboxylic acids is 1. The highest BCUT2D eigenvalue weighted by atomic mass is 16.3. The minimum absolute atomic E-state index is 0.151. The fourth-order valence-corrected chi connectivity index (χ4v) is 2.72. The largest absolute Gasteiger partial charge is 0.390 e. The normalized spacial score (nSPS) is 16.9. The van der Waals surface area contributed by atoms with Gasteiger partial charge >= 0.3 is 0 Å². The van der Waals surface area contributed by atoms with E-state index in [0.717, 1.165) is 36.9 Å². The standard InChI is InChI=1S/C17H25N3O2/c1-20(2)15-7-5-14(6-8-15)13-18-19-16(21)9-12-17(22)10-3-4-11-17/h5-8,13,22H,3-4,9-12H2,1-2H3,(H,19,21)/b18-13+. The van der Waals surface area contributed by atoms with Crippen molar-refractivity contribution in [1.29, 1.82) is 0 Å². The predicted octanol–water partition coefficient (Wildman–Crippen LogP) is 2.29. The molecule has 120 valence electrons. The Morgan fingerprint density at radius 3 is 2.55 bits per heavy atom. The first kappa shape index (κ1) is 16.5. The molecular weight excluding hydrogens is 278 g/mol.